The highest BCUT2D eigenvalue weighted by Crippen LogP contribution is 2.46. The molecule has 16 nitrogen and oxygen atoms in total. The number of methoxy groups -OCH3 is 4. The number of aromatic amines is 2. The third-order valence-corrected chi connectivity index (χ3v) is 11.7. The number of nitrogens with two attached hydrogens (primary N) is 1. The van der Waals surface area contributed by atoms with Gasteiger partial charge in [-0.3, -0.25) is 9.59 Å². The predicted octanol–water partition coefficient (Wildman–Crippen LogP) is 6.16. The molecule has 6 aromatic rings. The minimum absolute atomic E-state index is 0.132. The van der Waals surface area contributed by atoms with E-state index in [0.717, 1.165) is 22.1 Å². The quantitative estimate of drug-likeness (QED) is 0.0604. The second-order valence-electron chi connectivity index (χ2n) is 15.4. The van der Waals surface area contributed by atoms with Crippen LogP contribution in [-0.4, -0.2) is 98.1 Å². The molecule has 0 spiro atoms. The van der Waals surface area contributed by atoms with Gasteiger partial charge in [-0.2, -0.15) is 0 Å². The summed E-state index contributed by atoms with van der Waals surface area (Å²) in [5.41, 5.74) is 9.60. The third kappa shape index (κ3) is 7.20. The van der Waals surface area contributed by atoms with Crippen LogP contribution in [0.4, 0.5) is 11.4 Å². The van der Waals surface area contributed by atoms with Crippen LogP contribution in [0, 0.1) is 0 Å². The zero-order valence-corrected chi connectivity index (χ0v) is 35.8. The minimum atomic E-state index is -1.15. The van der Waals surface area contributed by atoms with E-state index in [1.807, 2.05) is 79.4 Å². The van der Waals surface area contributed by atoms with E-state index in [1.54, 1.807) is 64.7 Å². The molecule has 16 heteroatoms. The normalized spacial score (nSPS) is 19.1. The molecule has 2 aliphatic heterocycles. The van der Waals surface area contributed by atoms with Crippen molar-refractivity contribution in [3.63, 3.8) is 0 Å². The van der Waals surface area contributed by atoms with Crippen molar-refractivity contribution in [1.29, 1.82) is 0 Å². The highest BCUT2D eigenvalue weighted by Gasteiger charge is 2.52. The smallest absolute Gasteiger partial charge is 0.195 e. The van der Waals surface area contributed by atoms with Crippen molar-refractivity contribution in [3.05, 3.63) is 108 Å². The molecule has 2 aliphatic rings. The Bertz CT molecular complexity index is 2650. The number of para-hydroxylation sites is 4. The third-order valence-electron chi connectivity index (χ3n) is 11.7. The molecular weight excluding hydrogens is 793 g/mol. The number of ketones is 2. The first-order valence-electron chi connectivity index (χ1n) is 20.1. The Morgan fingerprint density at radius 2 is 1.15 bits per heavy atom. The summed E-state index contributed by atoms with van der Waals surface area (Å²) in [4.78, 5) is 49.0. The van der Waals surface area contributed by atoms with Crippen LogP contribution in [0.25, 0.3) is 33.2 Å². The van der Waals surface area contributed by atoms with Crippen LogP contribution in [0.1, 0.15) is 38.3 Å². The molecule has 62 heavy (non-hydrogen) atoms. The van der Waals surface area contributed by atoms with Crippen molar-refractivity contribution < 1.29 is 38.0 Å². The van der Waals surface area contributed by atoms with E-state index in [2.05, 4.69) is 15.3 Å². The van der Waals surface area contributed by atoms with Gasteiger partial charge in [0.15, 0.2) is 18.4 Å². The average molecular weight is 843 g/mol. The number of carbonyl (C=O) groups excluding carboxylic acids is 2. The summed E-state index contributed by atoms with van der Waals surface area (Å²) in [7, 11) is 8.07. The van der Waals surface area contributed by atoms with Crippen molar-refractivity contribution in [3.8, 4) is 23.0 Å². The lowest BCUT2D eigenvalue weighted by Gasteiger charge is -2.37. The van der Waals surface area contributed by atoms with Gasteiger partial charge in [0.05, 0.1) is 61.4 Å². The number of rotatable bonds is 17. The SMILES string of the molecule is CNC1=C(c2nc3ccccc3[nH]2)C(=O)C(C)(CCOCOc2cc(OC)cc(N3C(N)=C(c4nc5ccccc5[nH]4)C(=O)C3(C)CCOC)c2)N1c1cc(OC)cc(OC)c1. The first-order valence-corrected chi connectivity index (χ1v) is 20.1. The van der Waals surface area contributed by atoms with Gasteiger partial charge in [-0.1, -0.05) is 24.3 Å². The summed E-state index contributed by atoms with van der Waals surface area (Å²) in [6, 6.07) is 26.0. The number of hydrogen-bond acceptors (Lipinski definition) is 14. The number of imidazole rings is 2. The summed E-state index contributed by atoms with van der Waals surface area (Å²) >= 11 is 0. The van der Waals surface area contributed by atoms with E-state index < -0.39 is 11.1 Å². The summed E-state index contributed by atoms with van der Waals surface area (Å²) < 4.78 is 34.7. The van der Waals surface area contributed by atoms with E-state index in [0.29, 0.717) is 70.4 Å². The molecule has 4 aromatic carbocycles. The molecule has 0 saturated heterocycles. The number of ether oxygens (including phenoxy) is 6. The largest absolute Gasteiger partial charge is 0.497 e. The maximum atomic E-state index is 14.8. The van der Waals surface area contributed by atoms with Crippen molar-refractivity contribution in [1.82, 2.24) is 25.3 Å². The molecule has 2 unspecified atom stereocenters. The number of hydrogen-bond donors (Lipinski definition) is 4. The summed E-state index contributed by atoms with van der Waals surface area (Å²) in [5.74, 6) is 3.26. The molecule has 2 aromatic heterocycles. The summed E-state index contributed by atoms with van der Waals surface area (Å²) in [6.45, 7) is 3.98. The van der Waals surface area contributed by atoms with Crippen molar-refractivity contribution in [2.24, 2.45) is 5.73 Å². The highest BCUT2D eigenvalue weighted by molar-refractivity contribution is 6.30. The van der Waals surface area contributed by atoms with Gasteiger partial charge in [-0.25, -0.2) is 9.97 Å². The van der Waals surface area contributed by atoms with Gasteiger partial charge in [0.1, 0.15) is 68.5 Å². The van der Waals surface area contributed by atoms with Crippen LogP contribution in [0.15, 0.2) is 96.6 Å². The Hall–Kier alpha value is -7.04. The van der Waals surface area contributed by atoms with E-state index >= 15 is 0 Å². The standard InChI is InChI=1S/C46H50N8O8/c1-45(16-18-57-4)39(55)37(42-49-33-12-8-9-13-34(33)50-42)41(47)53(45)27-20-31(60-7)25-32(23-27)62-26-61-19-17-46(2)40(56)38(43-51-35-14-10-11-15-36(35)52-43)44(48-3)54(46)28-21-29(58-5)24-30(22-28)59-6/h8-15,20-25,48H,16-19,26,47H2,1-7H3,(H,49,50)(H,51,52). The monoisotopic (exact) mass is 842 g/mol. The van der Waals surface area contributed by atoms with Crippen LogP contribution in [0.5, 0.6) is 23.0 Å². The van der Waals surface area contributed by atoms with Gasteiger partial charge in [0.2, 0.25) is 0 Å². The number of fused-ring (bicyclic) bond motifs is 2. The number of carbonyl (C=O) groups is 2. The number of aromatic nitrogens is 4. The van der Waals surface area contributed by atoms with Crippen LogP contribution in [-0.2, 0) is 19.1 Å². The molecule has 8 rings (SSSR count). The van der Waals surface area contributed by atoms with Crippen molar-refractivity contribution >= 4 is 56.2 Å². The number of nitrogens with zero attached hydrogens (tertiary/aromatic N) is 4. The second kappa shape index (κ2) is 16.8. The maximum Gasteiger partial charge on any atom is 0.195 e. The first kappa shape index (κ1) is 41.7. The number of benzene rings is 4. The molecule has 0 saturated carbocycles. The van der Waals surface area contributed by atoms with Gasteiger partial charge >= 0.3 is 0 Å². The van der Waals surface area contributed by atoms with Crippen LogP contribution in [0.2, 0.25) is 0 Å². The Kier molecular flexibility index (Phi) is 11.3. The fourth-order valence-electron chi connectivity index (χ4n) is 8.37. The fraction of sp³-hybridized carbons (Fsp3) is 0.304. The molecule has 322 valence electrons. The lowest BCUT2D eigenvalue weighted by atomic mass is 9.90. The van der Waals surface area contributed by atoms with Crippen molar-refractivity contribution in [2.75, 3.05) is 65.3 Å². The van der Waals surface area contributed by atoms with Crippen LogP contribution in [0.3, 0.4) is 0 Å². The average Bonchev–Trinajstić information content (AvgIpc) is 4.01. The van der Waals surface area contributed by atoms with Crippen molar-refractivity contribution in [2.45, 2.75) is 37.8 Å². The number of nitrogens with one attached hydrogen (secondary N) is 3. The van der Waals surface area contributed by atoms with Gasteiger partial charge in [0.25, 0.3) is 0 Å². The van der Waals surface area contributed by atoms with E-state index in [-0.39, 0.29) is 42.8 Å². The first-order chi connectivity index (χ1) is 30.0. The maximum absolute atomic E-state index is 14.8. The van der Waals surface area contributed by atoms with E-state index in [1.165, 1.54) is 0 Å². The lowest BCUT2D eigenvalue weighted by Crippen LogP contribution is -2.49. The topological polar surface area (TPSA) is 191 Å². The molecule has 0 fully saturated rings. The highest BCUT2D eigenvalue weighted by atomic mass is 16.7. The van der Waals surface area contributed by atoms with E-state index in [9.17, 15) is 9.59 Å². The zero-order chi connectivity index (χ0) is 43.8. The van der Waals surface area contributed by atoms with Gasteiger partial charge in [-0.05, 0) is 38.1 Å². The van der Waals surface area contributed by atoms with Gasteiger partial charge in [0, 0.05) is 70.0 Å². The Labute approximate surface area is 358 Å². The van der Waals surface area contributed by atoms with Gasteiger partial charge < -0.3 is 59.2 Å². The zero-order valence-electron chi connectivity index (χ0n) is 35.8. The van der Waals surface area contributed by atoms with Gasteiger partial charge in [-0.15, -0.1) is 0 Å². The number of Topliss-reactive ketones (excluding diaryl/α,β-unsaturated/α-hetero) is 2. The molecule has 0 bridgehead atoms. The molecule has 0 aliphatic carbocycles. The predicted molar refractivity (Wildman–Crippen MR) is 236 cm³/mol. The minimum Gasteiger partial charge on any atom is -0.497 e. The molecule has 5 N–H and O–H groups in total. The molecule has 2 atom stereocenters. The number of H-pyrrole nitrogens is 2. The molecule has 0 amide bonds. The Morgan fingerprint density at radius 1 is 0.661 bits per heavy atom. The fourth-order valence-corrected chi connectivity index (χ4v) is 8.37. The number of anilines is 2. The van der Waals surface area contributed by atoms with Crippen LogP contribution >= 0.6 is 0 Å². The second-order valence-corrected chi connectivity index (χ2v) is 15.4. The van der Waals surface area contributed by atoms with Crippen LogP contribution < -0.4 is 39.8 Å². The Morgan fingerprint density at radius 3 is 1.69 bits per heavy atom. The lowest BCUT2D eigenvalue weighted by molar-refractivity contribution is -0.118. The molecule has 0 radical (unpaired) electrons. The van der Waals surface area contributed by atoms with E-state index in [4.69, 9.17) is 44.1 Å². The molecular formula is C46H50N8O8. The molecule has 4 heterocycles. The summed E-state index contributed by atoms with van der Waals surface area (Å²) in [6.07, 6.45) is 0.592. The Balaban J connectivity index is 1.06. The summed E-state index contributed by atoms with van der Waals surface area (Å²) in [5, 5.41) is 3.29.